The highest BCUT2D eigenvalue weighted by atomic mass is 16.5. The summed E-state index contributed by atoms with van der Waals surface area (Å²) in [5.74, 6) is 3.94. The number of esters is 1. The van der Waals surface area contributed by atoms with Crippen LogP contribution < -0.4 is 0 Å². The van der Waals surface area contributed by atoms with E-state index in [1.54, 1.807) is 5.57 Å². The van der Waals surface area contributed by atoms with Crippen LogP contribution in [-0.4, -0.2) is 23.1 Å². The van der Waals surface area contributed by atoms with Crippen molar-refractivity contribution in [3.63, 3.8) is 0 Å². The third kappa shape index (κ3) is 5.58. The molecular weight excluding hydrogens is 448 g/mol. The van der Waals surface area contributed by atoms with Gasteiger partial charge in [-0.25, -0.2) is 0 Å². The van der Waals surface area contributed by atoms with Gasteiger partial charge in [-0.05, 0) is 97.7 Å². The van der Waals surface area contributed by atoms with Gasteiger partial charge in [0.25, 0.3) is 0 Å². The van der Waals surface area contributed by atoms with Crippen LogP contribution in [0.4, 0.5) is 0 Å². The molecule has 3 saturated carbocycles. The summed E-state index contributed by atoms with van der Waals surface area (Å²) in [5.41, 5.74) is 2.32. The lowest BCUT2D eigenvalue weighted by molar-refractivity contribution is -0.151. The summed E-state index contributed by atoms with van der Waals surface area (Å²) in [6.07, 6.45) is 17.0. The zero-order valence-electron chi connectivity index (χ0n) is 23.7. The molecule has 0 saturated heterocycles. The lowest BCUT2D eigenvalue weighted by Gasteiger charge is -2.58. The van der Waals surface area contributed by atoms with Crippen LogP contribution in [0.2, 0.25) is 0 Å². The molecule has 4 aliphatic carbocycles. The summed E-state index contributed by atoms with van der Waals surface area (Å²) < 4.78 is 5.80. The predicted molar refractivity (Wildman–Crippen MR) is 144 cm³/mol. The molecule has 0 spiro atoms. The normalized spacial score (nSPS) is 38.5. The van der Waals surface area contributed by atoms with Crippen LogP contribution in [0, 0.1) is 46.3 Å². The summed E-state index contributed by atoms with van der Waals surface area (Å²) in [5, 5.41) is 8.81. The van der Waals surface area contributed by atoms with Gasteiger partial charge in [0.2, 0.25) is 0 Å². The van der Waals surface area contributed by atoms with Crippen LogP contribution in [-0.2, 0) is 14.3 Å². The SMILES string of the molecule is CC(C)CCC[C@@H](C)[C@H]1CCC2C3CC=C4C[C@@H](OC(=O)CCCC(=O)O)CC[C@]4(C)C3CC[C@@]21C. The molecule has 4 heteroatoms. The molecule has 4 nitrogen and oxygen atoms in total. The van der Waals surface area contributed by atoms with Gasteiger partial charge >= 0.3 is 11.9 Å². The molecule has 8 atom stereocenters. The number of hydrogen-bond acceptors (Lipinski definition) is 3. The third-order valence-corrected chi connectivity index (χ3v) is 11.3. The Labute approximate surface area is 220 Å². The Kier molecular flexibility index (Phi) is 8.62. The van der Waals surface area contributed by atoms with Crippen molar-refractivity contribution in [2.24, 2.45) is 46.3 Å². The molecule has 0 heterocycles. The Morgan fingerprint density at radius 3 is 2.50 bits per heavy atom. The van der Waals surface area contributed by atoms with Crippen molar-refractivity contribution in [1.29, 1.82) is 0 Å². The third-order valence-electron chi connectivity index (χ3n) is 11.3. The lowest BCUT2D eigenvalue weighted by atomic mass is 9.47. The number of fused-ring (bicyclic) bond motifs is 5. The largest absolute Gasteiger partial charge is 0.481 e. The smallest absolute Gasteiger partial charge is 0.306 e. The van der Waals surface area contributed by atoms with Crippen molar-refractivity contribution in [3.05, 3.63) is 11.6 Å². The average molecular weight is 501 g/mol. The highest BCUT2D eigenvalue weighted by molar-refractivity contribution is 5.71. The highest BCUT2D eigenvalue weighted by Gasteiger charge is 2.59. The van der Waals surface area contributed by atoms with Crippen LogP contribution in [0.5, 0.6) is 0 Å². The van der Waals surface area contributed by atoms with E-state index in [1.807, 2.05) is 0 Å². The number of rotatable bonds is 10. The Morgan fingerprint density at radius 2 is 1.78 bits per heavy atom. The van der Waals surface area contributed by atoms with Crippen LogP contribution >= 0.6 is 0 Å². The number of carboxylic acids is 1. The molecule has 3 fully saturated rings. The van der Waals surface area contributed by atoms with E-state index < -0.39 is 5.97 Å². The van der Waals surface area contributed by atoms with E-state index in [9.17, 15) is 9.59 Å². The molecule has 0 amide bonds. The van der Waals surface area contributed by atoms with Crippen LogP contribution in [0.15, 0.2) is 11.6 Å². The highest BCUT2D eigenvalue weighted by Crippen LogP contribution is 2.67. The van der Waals surface area contributed by atoms with E-state index in [1.165, 1.54) is 51.4 Å². The lowest BCUT2D eigenvalue weighted by Crippen LogP contribution is -2.51. The van der Waals surface area contributed by atoms with Crippen molar-refractivity contribution in [2.75, 3.05) is 0 Å². The first-order valence-electron chi connectivity index (χ1n) is 15.2. The second-order valence-electron chi connectivity index (χ2n) is 13.9. The van der Waals surface area contributed by atoms with Crippen molar-refractivity contribution in [3.8, 4) is 0 Å². The first-order valence-corrected chi connectivity index (χ1v) is 15.2. The van der Waals surface area contributed by atoms with Crippen molar-refractivity contribution in [2.45, 2.75) is 131 Å². The van der Waals surface area contributed by atoms with Gasteiger partial charge < -0.3 is 9.84 Å². The summed E-state index contributed by atoms with van der Waals surface area (Å²) >= 11 is 0. The molecule has 0 aromatic carbocycles. The second kappa shape index (κ2) is 11.2. The summed E-state index contributed by atoms with van der Waals surface area (Å²) in [6.45, 7) is 12.4. The Balaban J connectivity index is 1.38. The first-order chi connectivity index (χ1) is 17.0. The Morgan fingerprint density at radius 1 is 1.00 bits per heavy atom. The van der Waals surface area contributed by atoms with Gasteiger partial charge in [-0.15, -0.1) is 0 Å². The summed E-state index contributed by atoms with van der Waals surface area (Å²) in [6, 6.07) is 0. The fourth-order valence-corrected chi connectivity index (χ4v) is 9.38. The number of carbonyl (C=O) groups is 2. The van der Waals surface area contributed by atoms with E-state index in [4.69, 9.17) is 9.84 Å². The Bertz CT molecular complexity index is 830. The van der Waals surface area contributed by atoms with Gasteiger partial charge in [-0.1, -0.05) is 65.5 Å². The number of ether oxygens (including phenoxy) is 1. The van der Waals surface area contributed by atoms with Gasteiger partial charge in [-0.3, -0.25) is 9.59 Å². The zero-order valence-corrected chi connectivity index (χ0v) is 23.7. The molecule has 1 N–H and O–H groups in total. The van der Waals surface area contributed by atoms with Crippen molar-refractivity contribution < 1.29 is 19.4 Å². The molecule has 0 aromatic heterocycles. The summed E-state index contributed by atoms with van der Waals surface area (Å²) in [7, 11) is 0. The van der Waals surface area contributed by atoms with Gasteiger partial charge in [0.15, 0.2) is 0 Å². The monoisotopic (exact) mass is 500 g/mol. The maximum atomic E-state index is 12.3. The number of hydrogen-bond donors (Lipinski definition) is 1. The van der Waals surface area contributed by atoms with Gasteiger partial charge in [-0.2, -0.15) is 0 Å². The number of aliphatic carboxylic acids is 1. The predicted octanol–water partition coefficient (Wildman–Crippen LogP) is 8.19. The van der Waals surface area contributed by atoms with E-state index in [2.05, 4.69) is 40.7 Å². The molecule has 0 aliphatic heterocycles. The molecule has 4 rings (SSSR count). The van der Waals surface area contributed by atoms with Crippen molar-refractivity contribution in [1.82, 2.24) is 0 Å². The van der Waals surface area contributed by atoms with Gasteiger partial charge in [0.05, 0.1) is 0 Å². The fourth-order valence-electron chi connectivity index (χ4n) is 9.38. The Hall–Kier alpha value is -1.32. The van der Waals surface area contributed by atoms with Gasteiger partial charge in [0.1, 0.15) is 6.10 Å². The maximum absolute atomic E-state index is 12.3. The summed E-state index contributed by atoms with van der Waals surface area (Å²) in [4.78, 5) is 23.0. The maximum Gasteiger partial charge on any atom is 0.306 e. The quantitative estimate of drug-likeness (QED) is 0.242. The van der Waals surface area contributed by atoms with Crippen LogP contribution in [0.1, 0.15) is 125 Å². The number of carboxylic acid groups (broad SMARTS) is 1. The fraction of sp³-hybridized carbons (Fsp3) is 0.875. The molecule has 0 radical (unpaired) electrons. The molecule has 0 bridgehead atoms. The van der Waals surface area contributed by atoms with Crippen molar-refractivity contribution >= 4 is 11.9 Å². The molecule has 4 aliphatic rings. The molecule has 204 valence electrons. The first kappa shape index (κ1) is 27.7. The second-order valence-corrected chi connectivity index (χ2v) is 13.9. The zero-order chi connectivity index (χ0) is 26.1. The molecule has 36 heavy (non-hydrogen) atoms. The number of carbonyl (C=O) groups excluding carboxylic acids is 1. The van der Waals surface area contributed by atoms with Crippen LogP contribution in [0.3, 0.4) is 0 Å². The molecular formula is C32H52O4. The van der Waals surface area contributed by atoms with E-state index in [-0.39, 0.29) is 30.3 Å². The minimum Gasteiger partial charge on any atom is -0.481 e. The minimum absolute atomic E-state index is 0.0315. The molecule has 0 aromatic rings. The van der Waals surface area contributed by atoms with E-state index in [0.29, 0.717) is 11.8 Å². The average Bonchev–Trinajstić information content (AvgIpc) is 3.16. The van der Waals surface area contributed by atoms with Crippen LogP contribution in [0.25, 0.3) is 0 Å². The number of allylic oxidation sites excluding steroid dienone is 1. The standard InChI is InChI=1S/C32H52O4/c1-21(2)8-6-9-22(3)26-14-15-27-25-13-12-23-20-24(36-30(35)11-7-10-29(33)34)16-18-31(23,4)28(25)17-19-32(26,27)5/h12,21-22,24-28H,6-11,13-20H2,1-5H3,(H,33,34)/t22-,24+,25?,26-,27?,28?,31+,32-/m1/s1. The molecule has 3 unspecified atom stereocenters. The topological polar surface area (TPSA) is 63.6 Å². The van der Waals surface area contributed by atoms with Gasteiger partial charge in [0, 0.05) is 19.3 Å². The van der Waals surface area contributed by atoms with E-state index >= 15 is 0 Å². The minimum atomic E-state index is -0.851. The van der Waals surface area contributed by atoms with E-state index in [0.717, 1.165) is 54.8 Å².